The Bertz CT molecular complexity index is 907. The van der Waals surface area contributed by atoms with E-state index in [-0.39, 0.29) is 11.6 Å². The highest BCUT2D eigenvalue weighted by atomic mass is 16.1. The third-order valence-corrected chi connectivity index (χ3v) is 3.92. The molecule has 3 rings (SSSR count). The molecule has 0 bridgehead atoms. The maximum Gasteiger partial charge on any atom is 0.254 e. The van der Waals surface area contributed by atoms with E-state index in [9.17, 15) is 4.79 Å². The first-order valence-electron chi connectivity index (χ1n) is 8.48. The van der Waals surface area contributed by atoms with Gasteiger partial charge in [0, 0.05) is 24.5 Å². The monoisotopic (exact) mass is 367 g/mol. The second-order valence-electron chi connectivity index (χ2n) is 5.80. The third-order valence-electron chi connectivity index (χ3n) is 3.92. The molecule has 1 aromatic carbocycles. The number of nitrogens with zero attached hydrogens (tertiary/aromatic N) is 5. The van der Waals surface area contributed by atoms with Crippen LogP contribution in [0.2, 0.25) is 0 Å². The molecular formula is C17H21N9O. The molecule has 0 aliphatic carbocycles. The predicted molar refractivity (Wildman–Crippen MR) is 102 cm³/mol. The van der Waals surface area contributed by atoms with Gasteiger partial charge < -0.3 is 22.1 Å². The molecule has 2 aromatic heterocycles. The van der Waals surface area contributed by atoms with E-state index >= 15 is 0 Å². The normalized spacial score (nSPS) is 11.8. The lowest BCUT2D eigenvalue weighted by Gasteiger charge is -2.16. The number of nitrogens with one attached hydrogen (secondary N) is 2. The van der Waals surface area contributed by atoms with E-state index < -0.39 is 5.91 Å². The van der Waals surface area contributed by atoms with Crippen LogP contribution >= 0.6 is 0 Å². The summed E-state index contributed by atoms with van der Waals surface area (Å²) < 4.78 is 0. The minimum Gasteiger partial charge on any atom is -0.365 e. The van der Waals surface area contributed by atoms with Crippen LogP contribution in [0.1, 0.15) is 23.7 Å². The van der Waals surface area contributed by atoms with E-state index in [0.717, 1.165) is 12.1 Å². The van der Waals surface area contributed by atoms with Crippen molar-refractivity contribution in [1.29, 1.82) is 0 Å². The Morgan fingerprint density at radius 3 is 2.74 bits per heavy atom. The molecule has 2 heterocycles. The summed E-state index contributed by atoms with van der Waals surface area (Å²) in [7, 11) is 0. The fourth-order valence-corrected chi connectivity index (χ4v) is 2.43. The van der Waals surface area contributed by atoms with Crippen LogP contribution in [0, 0.1) is 0 Å². The highest BCUT2D eigenvalue weighted by Crippen LogP contribution is 2.21. The van der Waals surface area contributed by atoms with Crippen LogP contribution in [-0.4, -0.2) is 43.5 Å². The lowest BCUT2D eigenvalue weighted by atomic mass is 10.2. The highest BCUT2D eigenvalue weighted by molar-refractivity contribution is 5.98. The quantitative estimate of drug-likeness (QED) is 0.461. The fourth-order valence-electron chi connectivity index (χ4n) is 2.43. The number of rotatable bonds is 8. The Kier molecular flexibility index (Phi) is 5.57. The Hall–Kier alpha value is -3.53. The van der Waals surface area contributed by atoms with Crippen molar-refractivity contribution in [1.82, 2.24) is 25.0 Å². The van der Waals surface area contributed by atoms with Crippen molar-refractivity contribution in [3.63, 3.8) is 0 Å². The number of nitrogens with two attached hydrogens (primary N) is 2. The first kappa shape index (κ1) is 18.3. The molecule has 1 amide bonds. The second-order valence-corrected chi connectivity index (χ2v) is 5.80. The first-order valence-corrected chi connectivity index (χ1v) is 8.48. The molecule has 27 heavy (non-hydrogen) atoms. The average Bonchev–Trinajstić information content (AvgIpc) is 3.21. The van der Waals surface area contributed by atoms with Crippen molar-refractivity contribution >= 4 is 23.4 Å². The Balaban J connectivity index is 1.90. The molecule has 1 unspecified atom stereocenters. The Labute approximate surface area is 156 Å². The lowest BCUT2D eigenvalue weighted by molar-refractivity contribution is 0.100. The minimum atomic E-state index is -0.625. The van der Waals surface area contributed by atoms with Gasteiger partial charge in [0.15, 0.2) is 0 Å². The molecule has 0 aliphatic heterocycles. The van der Waals surface area contributed by atoms with Crippen LogP contribution in [0.25, 0.3) is 5.69 Å². The molecule has 0 spiro atoms. The summed E-state index contributed by atoms with van der Waals surface area (Å²) in [4.78, 5) is 21.8. The van der Waals surface area contributed by atoms with Crippen LogP contribution in [-0.2, 0) is 0 Å². The summed E-state index contributed by atoms with van der Waals surface area (Å²) in [5, 5.41) is 14.5. The zero-order valence-corrected chi connectivity index (χ0v) is 14.8. The summed E-state index contributed by atoms with van der Waals surface area (Å²) in [6.07, 6.45) is 5.39. The number of hydrogen-bond acceptors (Lipinski definition) is 8. The SMILES string of the molecule is CCC(CN)Nc1ncc(C(N)=O)c(Nc2cccc(-n3nccn3)c2)n1. The van der Waals surface area contributed by atoms with Gasteiger partial charge in [-0.1, -0.05) is 13.0 Å². The number of hydrogen-bond donors (Lipinski definition) is 4. The number of anilines is 3. The van der Waals surface area contributed by atoms with Crippen LogP contribution in [0.5, 0.6) is 0 Å². The maximum atomic E-state index is 11.7. The molecule has 0 saturated heterocycles. The summed E-state index contributed by atoms with van der Waals surface area (Å²) in [5.74, 6) is 0.0435. The van der Waals surface area contributed by atoms with Crippen LogP contribution in [0.4, 0.5) is 17.5 Å². The van der Waals surface area contributed by atoms with Crippen LogP contribution < -0.4 is 22.1 Å². The van der Waals surface area contributed by atoms with Crippen LogP contribution in [0.3, 0.4) is 0 Å². The van der Waals surface area contributed by atoms with Gasteiger partial charge in [0.1, 0.15) is 11.4 Å². The van der Waals surface area contributed by atoms with E-state index in [1.54, 1.807) is 12.4 Å². The second kappa shape index (κ2) is 8.23. The molecule has 0 aliphatic rings. The molecule has 10 heteroatoms. The number of benzene rings is 1. The van der Waals surface area contributed by atoms with Crippen molar-refractivity contribution < 1.29 is 4.79 Å². The van der Waals surface area contributed by atoms with Gasteiger partial charge in [-0.05, 0) is 24.6 Å². The summed E-state index contributed by atoms with van der Waals surface area (Å²) in [6.45, 7) is 2.45. The first-order chi connectivity index (χ1) is 13.1. The maximum absolute atomic E-state index is 11.7. The number of carbonyl (C=O) groups is 1. The van der Waals surface area contributed by atoms with Crippen molar-refractivity contribution in [2.24, 2.45) is 11.5 Å². The Morgan fingerprint density at radius 2 is 2.07 bits per heavy atom. The Morgan fingerprint density at radius 1 is 1.30 bits per heavy atom. The smallest absolute Gasteiger partial charge is 0.254 e. The van der Waals surface area contributed by atoms with Crippen molar-refractivity contribution in [2.75, 3.05) is 17.2 Å². The van der Waals surface area contributed by atoms with Gasteiger partial charge in [0.25, 0.3) is 5.91 Å². The van der Waals surface area contributed by atoms with E-state index in [1.807, 2.05) is 31.2 Å². The van der Waals surface area contributed by atoms with Crippen molar-refractivity contribution in [3.8, 4) is 5.69 Å². The standard InChI is InChI=1S/C17H21N9O/c1-2-11(9-18)24-17-20-10-14(15(19)27)16(25-17)23-12-4-3-5-13(8-12)26-21-6-7-22-26/h3-8,10-11H,2,9,18H2,1H3,(H2,19,27)(H2,20,23,24,25). The number of amides is 1. The molecule has 0 fully saturated rings. The third kappa shape index (κ3) is 4.36. The topological polar surface area (TPSA) is 150 Å². The molecule has 0 radical (unpaired) electrons. The van der Waals surface area contributed by atoms with Gasteiger partial charge in [-0.3, -0.25) is 4.79 Å². The molecule has 0 saturated carbocycles. The zero-order valence-electron chi connectivity index (χ0n) is 14.8. The number of aromatic nitrogens is 5. The van der Waals surface area contributed by atoms with E-state index in [2.05, 4.69) is 30.8 Å². The largest absolute Gasteiger partial charge is 0.365 e. The van der Waals surface area contributed by atoms with Gasteiger partial charge in [-0.2, -0.15) is 20.0 Å². The highest BCUT2D eigenvalue weighted by Gasteiger charge is 2.14. The molecule has 6 N–H and O–H groups in total. The van der Waals surface area contributed by atoms with Gasteiger partial charge >= 0.3 is 0 Å². The predicted octanol–water partition coefficient (Wildman–Crippen LogP) is 1.05. The zero-order chi connectivity index (χ0) is 19.2. The van der Waals surface area contributed by atoms with Gasteiger partial charge in [0.2, 0.25) is 5.95 Å². The summed E-state index contributed by atoms with van der Waals surface area (Å²) in [5.41, 5.74) is 12.8. The van der Waals surface area contributed by atoms with Gasteiger partial charge in [0.05, 0.1) is 18.1 Å². The average molecular weight is 367 g/mol. The molecule has 1 atom stereocenters. The minimum absolute atomic E-state index is 0.0338. The van der Waals surface area contributed by atoms with Crippen molar-refractivity contribution in [3.05, 3.63) is 48.4 Å². The van der Waals surface area contributed by atoms with Crippen LogP contribution in [0.15, 0.2) is 42.9 Å². The summed E-state index contributed by atoms with van der Waals surface area (Å²) in [6, 6.07) is 7.40. The van der Waals surface area contributed by atoms with Gasteiger partial charge in [-0.15, -0.1) is 0 Å². The van der Waals surface area contributed by atoms with Gasteiger partial charge in [-0.25, -0.2) is 4.98 Å². The van der Waals surface area contributed by atoms with E-state index in [1.165, 1.54) is 11.0 Å². The molecular weight excluding hydrogens is 346 g/mol. The molecule has 3 aromatic rings. The number of carbonyl (C=O) groups excluding carboxylic acids is 1. The molecule has 140 valence electrons. The summed E-state index contributed by atoms with van der Waals surface area (Å²) >= 11 is 0. The van der Waals surface area contributed by atoms with E-state index in [4.69, 9.17) is 11.5 Å². The van der Waals surface area contributed by atoms with Crippen molar-refractivity contribution in [2.45, 2.75) is 19.4 Å². The lowest BCUT2D eigenvalue weighted by Crippen LogP contribution is -2.29. The fraction of sp³-hybridized carbons (Fsp3) is 0.235. The number of primary amides is 1. The van der Waals surface area contributed by atoms with E-state index in [0.29, 0.717) is 24.0 Å². The molecule has 10 nitrogen and oxygen atoms in total.